The molecule has 14 nitrogen and oxygen atoms in total. The molecule has 2 aromatic heterocycles. The number of benzene rings is 1. The number of hydrogen-bond donors (Lipinski definition) is 2. The van der Waals surface area contributed by atoms with Gasteiger partial charge in [0.15, 0.2) is 28.7 Å². The monoisotopic (exact) mass is 911 g/mol. The predicted octanol–water partition coefficient (Wildman–Crippen LogP) is 6.57. The number of anilines is 1. The van der Waals surface area contributed by atoms with Gasteiger partial charge in [-0.3, -0.25) is 19.3 Å². The number of esters is 1. The molecule has 7 aliphatic rings. The Morgan fingerprint density at radius 2 is 1.77 bits per heavy atom. The lowest BCUT2D eigenvalue weighted by molar-refractivity contribution is -0.188. The fourth-order valence-electron chi connectivity index (χ4n) is 14.3. The normalized spacial score (nSPS) is 33.0. The number of hydrogen-bond acceptors (Lipinski definition) is 13. The molecule has 15 heteroatoms. The maximum Gasteiger partial charge on any atom is 0.519 e. The summed E-state index contributed by atoms with van der Waals surface area (Å²) in [6, 6.07) is -0.0884. The van der Waals surface area contributed by atoms with E-state index in [-0.39, 0.29) is 82.3 Å². The molecule has 2 aliphatic heterocycles. The number of allylic oxidation sites excluding steroid dienone is 4. The Morgan fingerprint density at radius 1 is 1.03 bits per heavy atom. The first-order chi connectivity index (χ1) is 31.1. The van der Waals surface area contributed by atoms with E-state index in [2.05, 4.69) is 11.8 Å². The van der Waals surface area contributed by atoms with Gasteiger partial charge in [0, 0.05) is 53.2 Å². The smallest absolute Gasteiger partial charge is 0.492 e. The number of ether oxygens (including phenoxy) is 2. The van der Waals surface area contributed by atoms with Crippen molar-refractivity contribution in [2.45, 2.75) is 142 Å². The Balaban J connectivity index is 0.962. The van der Waals surface area contributed by atoms with Gasteiger partial charge in [-0.2, -0.15) is 0 Å². The van der Waals surface area contributed by atoms with E-state index >= 15 is 4.39 Å². The van der Waals surface area contributed by atoms with Crippen LogP contribution in [0, 0.1) is 61.1 Å². The zero-order chi connectivity index (χ0) is 47.2. The molecule has 4 saturated carbocycles. The average molecular weight is 912 g/mol. The van der Waals surface area contributed by atoms with Gasteiger partial charge in [0.2, 0.25) is 11.2 Å². The minimum absolute atomic E-state index is 0.00253. The van der Waals surface area contributed by atoms with Crippen molar-refractivity contribution in [1.29, 1.82) is 0 Å². The van der Waals surface area contributed by atoms with Gasteiger partial charge in [-0.25, -0.2) is 14.0 Å². The molecule has 1 aromatic carbocycles. The molecular weight excluding hydrogens is 850 g/mol. The second-order valence-corrected chi connectivity index (χ2v) is 21.6. The molecule has 2 N–H and O–H groups in total. The number of methoxy groups -OCH3 is 1. The number of Topliss-reactive ketones (excluding diaryl/α,β-unsaturated/α-hetero) is 1. The van der Waals surface area contributed by atoms with Crippen LogP contribution in [0.25, 0.3) is 10.9 Å². The summed E-state index contributed by atoms with van der Waals surface area (Å²) < 4.78 is 41.8. The second kappa shape index (κ2) is 15.3. The molecule has 2 saturated heterocycles. The molecule has 354 valence electrons. The maximum atomic E-state index is 17.2. The van der Waals surface area contributed by atoms with Gasteiger partial charge >= 0.3 is 11.8 Å². The van der Waals surface area contributed by atoms with Gasteiger partial charge in [-0.15, -0.1) is 0 Å². The van der Waals surface area contributed by atoms with E-state index in [0.29, 0.717) is 61.6 Å². The lowest BCUT2D eigenvalue weighted by atomic mass is 9.46. The third kappa shape index (κ3) is 6.44. The SMILES string of the molecule is COc1c(N2CC3CCCN(Cc4oc(=O)oc4C)C3C2)c(F)c(C)c2c(=O)c(C(=O)OC(C)(C)C(=O)[C@@]3(O)CC[C@H]4[C@@H]5CCC6=CC(=O)C=C[C@]6(C)[C@H]5[C@@H](O)C[C@@]43C)c(C)n(C3CC3)c12. The second-order valence-electron chi connectivity index (χ2n) is 21.6. The quantitative estimate of drug-likeness (QED) is 0.220. The van der Waals surface area contributed by atoms with Crippen molar-refractivity contribution in [1.82, 2.24) is 9.47 Å². The van der Waals surface area contributed by atoms with Crippen LogP contribution in [0.2, 0.25) is 0 Å². The van der Waals surface area contributed by atoms with Crippen LogP contribution in [0.4, 0.5) is 10.1 Å². The van der Waals surface area contributed by atoms with E-state index in [1.54, 1.807) is 32.9 Å². The summed E-state index contributed by atoms with van der Waals surface area (Å²) in [5.74, 6) is -2.24. The van der Waals surface area contributed by atoms with E-state index < -0.39 is 57.0 Å². The van der Waals surface area contributed by atoms with Crippen LogP contribution in [-0.4, -0.2) is 87.3 Å². The van der Waals surface area contributed by atoms with Crippen LogP contribution >= 0.6 is 0 Å². The molecule has 9 atom stereocenters. The summed E-state index contributed by atoms with van der Waals surface area (Å²) in [5.41, 5.74) is -4.47. The lowest BCUT2D eigenvalue weighted by Crippen LogP contribution is -2.64. The molecule has 66 heavy (non-hydrogen) atoms. The number of nitrogens with zero attached hydrogens (tertiary/aromatic N) is 3. The summed E-state index contributed by atoms with van der Waals surface area (Å²) in [4.78, 5) is 72.8. The van der Waals surface area contributed by atoms with Gasteiger partial charge in [-0.1, -0.05) is 25.5 Å². The van der Waals surface area contributed by atoms with Gasteiger partial charge in [0.05, 0.1) is 30.7 Å². The lowest BCUT2D eigenvalue weighted by Gasteiger charge is -2.59. The first kappa shape index (κ1) is 44.9. The highest BCUT2D eigenvalue weighted by atomic mass is 19.1. The maximum absolute atomic E-state index is 17.2. The summed E-state index contributed by atoms with van der Waals surface area (Å²) in [5, 5.41) is 24.6. The molecule has 0 bridgehead atoms. The molecule has 3 aromatic rings. The molecule has 0 radical (unpaired) electrons. The molecule has 4 heterocycles. The van der Waals surface area contributed by atoms with Crippen molar-refractivity contribution in [3.63, 3.8) is 0 Å². The number of carbonyl (C=O) groups is 3. The zero-order valence-corrected chi connectivity index (χ0v) is 39.3. The standard InChI is InChI=1S/C51H62FN3O11/c1-25-37-41(44(63-8)42(40(25)52)54-22-28-10-9-19-53(34(28)23-54)24-36-27(3)64-47(61)65-36)55(30-12-13-30)26(2)38(43(37)58)45(59)66-48(4,5)46(60)51(62)18-16-33-32-14-11-29-20-31(56)15-17-49(29,6)39(32)35(57)21-50(33,51)7/h15,17,20,28,30,32-35,39,57,62H,9-14,16,18-19,21-24H2,1-8H3/t28?,32-,33-,34?,35-,39+,49-,50-,51-/m0/s1. The number of aliphatic hydroxyl groups excluding tert-OH is 1. The van der Waals surface area contributed by atoms with Gasteiger partial charge in [0.25, 0.3) is 0 Å². The average Bonchev–Trinajstić information content (AvgIpc) is 3.82. The Labute approximate surface area is 382 Å². The highest BCUT2D eigenvalue weighted by molar-refractivity contribution is 6.03. The van der Waals surface area contributed by atoms with Crippen molar-refractivity contribution in [2.75, 3.05) is 31.6 Å². The Hall–Kier alpha value is -4.86. The number of halogens is 1. The fraction of sp³-hybridized carbons (Fsp3) is 0.627. The van der Waals surface area contributed by atoms with Crippen LogP contribution in [0.1, 0.15) is 125 Å². The highest BCUT2D eigenvalue weighted by Gasteiger charge is 2.70. The van der Waals surface area contributed by atoms with Crippen molar-refractivity contribution < 1.29 is 47.3 Å². The minimum atomic E-state index is -1.96. The van der Waals surface area contributed by atoms with Crippen LogP contribution in [0.5, 0.6) is 5.75 Å². The van der Waals surface area contributed by atoms with Gasteiger partial charge in [0.1, 0.15) is 22.6 Å². The molecule has 2 unspecified atom stereocenters. The third-order valence-electron chi connectivity index (χ3n) is 17.6. The first-order valence-electron chi connectivity index (χ1n) is 23.8. The van der Waals surface area contributed by atoms with E-state index in [1.165, 1.54) is 21.0 Å². The number of ketones is 2. The largest absolute Gasteiger partial charge is 0.519 e. The fourth-order valence-corrected chi connectivity index (χ4v) is 14.3. The Bertz CT molecular complexity index is 2780. The Kier molecular flexibility index (Phi) is 10.4. The molecule has 0 amide bonds. The summed E-state index contributed by atoms with van der Waals surface area (Å²) in [6.07, 6.45) is 9.82. The van der Waals surface area contributed by atoms with Crippen molar-refractivity contribution in [3.05, 3.63) is 78.8 Å². The molecule has 0 spiro atoms. The number of pyridine rings is 1. The number of aliphatic hydroxyl groups is 2. The molecule has 10 rings (SSSR count). The molecule has 6 fully saturated rings. The number of rotatable bonds is 9. The van der Waals surface area contributed by atoms with Crippen molar-refractivity contribution in [3.8, 4) is 5.75 Å². The van der Waals surface area contributed by atoms with E-state index in [4.69, 9.17) is 18.3 Å². The summed E-state index contributed by atoms with van der Waals surface area (Å²) in [6.45, 7) is 13.9. The predicted molar refractivity (Wildman–Crippen MR) is 241 cm³/mol. The molecule has 5 aliphatic carbocycles. The first-order valence-corrected chi connectivity index (χ1v) is 23.8. The molecular formula is C51H62FN3O11. The summed E-state index contributed by atoms with van der Waals surface area (Å²) >= 11 is 0. The number of carbonyl (C=O) groups excluding carboxylic acids is 3. The van der Waals surface area contributed by atoms with E-state index in [9.17, 15) is 34.2 Å². The number of aromatic nitrogens is 1. The number of piperidine rings is 1. The van der Waals surface area contributed by atoms with Crippen LogP contribution in [0.15, 0.2) is 42.2 Å². The van der Waals surface area contributed by atoms with Crippen LogP contribution < -0.4 is 20.9 Å². The highest BCUT2D eigenvalue weighted by Crippen LogP contribution is 2.67. The van der Waals surface area contributed by atoms with Gasteiger partial charge in [-0.05, 0) is 129 Å². The van der Waals surface area contributed by atoms with Crippen LogP contribution in [0.3, 0.4) is 0 Å². The number of likely N-dealkylation sites (tertiary alicyclic amines) is 1. The number of aryl methyl sites for hydroxylation is 2. The van der Waals surface area contributed by atoms with E-state index in [1.807, 2.05) is 22.5 Å². The minimum Gasteiger partial charge on any atom is -0.492 e. The van der Waals surface area contributed by atoms with Crippen LogP contribution in [-0.2, 0) is 20.9 Å². The Morgan fingerprint density at radius 3 is 2.45 bits per heavy atom. The third-order valence-corrected chi connectivity index (χ3v) is 17.6. The topological polar surface area (TPSA) is 182 Å². The van der Waals surface area contributed by atoms with Crippen molar-refractivity contribution in [2.24, 2.45) is 34.5 Å². The number of fused-ring (bicyclic) bond motifs is 7. The van der Waals surface area contributed by atoms with E-state index in [0.717, 1.165) is 37.8 Å². The van der Waals surface area contributed by atoms with Gasteiger partial charge < -0.3 is 38.0 Å². The zero-order valence-electron chi connectivity index (χ0n) is 39.3. The summed E-state index contributed by atoms with van der Waals surface area (Å²) in [7, 11) is 1.46. The van der Waals surface area contributed by atoms with Crippen molar-refractivity contribution >= 4 is 34.1 Å².